The smallest absolute Gasteiger partial charge is 0.414 e. The molecule has 0 aliphatic carbocycles. The lowest BCUT2D eigenvalue weighted by Gasteiger charge is -2.32. The first-order valence-corrected chi connectivity index (χ1v) is 8.07. The second-order valence-electron chi connectivity index (χ2n) is 6.13. The van der Waals surface area contributed by atoms with Crippen LogP contribution in [0.15, 0.2) is 42.7 Å². The summed E-state index contributed by atoms with van der Waals surface area (Å²) in [6.07, 6.45) is 3.24. The van der Waals surface area contributed by atoms with Gasteiger partial charge in [0.05, 0.1) is 17.3 Å². The van der Waals surface area contributed by atoms with Gasteiger partial charge in [-0.2, -0.15) is 0 Å². The highest BCUT2D eigenvalue weighted by molar-refractivity contribution is 5.95. The fourth-order valence-corrected chi connectivity index (χ4v) is 3.30. The first-order valence-electron chi connectivity index (χ1n) is 8.07. The summed E-state index contributed by atoms with van der Waals surface area (Å²) < 4.78 is 18.9. The Morgan fingerprint density at radius 2 is 2.20 bits per heavy atom. The molecule has 0 spiro atoms. The van der Waals surface area contributed by atoms with E-state index in [1.54, 1.807) is 29.3 Å². The third-order valence-corrected chi connectivity index (χ3v) is 4.56. The molecular weight excluding hydrogens is 325 g/mol. The fraction of sp³-hybridized carbons (Fsp3) is 0.278. The topological polar surface area (TPSA) is 62.7 Å². The van der Waals surface area contributed by atoms with Crippen LogP contribution >= 0.6 is 0 Å². The number of hydrogen-bond donors (Lipinski definition) is 0. The molecule has 2 aromatic rings. The van der Waals surface area contributed by atoms with E-state index in [1.165, 1.54) is 23.2 Å². The van der Waals surface area contributed by atoms with E-state index in [2.05, 4.69) is 4.98 Å². The maximum absolute atomic E-state index is 13.8. The number of pyridine rings is 1. The van der Waals surface area contributed by atoms with Crippen molar-refractivity contribution in [3.05, 3.63) is 59.7 Å². The third-order valence-electron chi connectivity index (χ3n) is 4.56. The van der Waals surface area contributed by atoms with Gasteiger partial charge in [-0.25, -0.2) is 9.18 Å². The van der Waals surface area contributed by atoms with E-state index in [4.69, 9.17) is 4.74 Å². The summed E-state index contributed by atoms with van der Waals surface area (Å²) in [6.45, 7) is 1.01. The summed E-state index contributed by atoms with van der Waals surface area (Å²) >= 11 is 0. The highest BCUT2D eigenvalue weighted by Gasteiger charge is 2.37. The number of hydrogen-bond acceptors (Lipinski definition) is 4. The molecule has 1 unspecified atom stereocenters. The second kappa shape index (κ2) is 6.16. The zero-order chi connectivity index (χ0) is 17.4. The maximum Gasteiger partial charge on any atom is 0.414 e. The van der Waals surface area contributed by atoms with Crippen LogP contribution in [-0.4, -0.2) is 41.1 Å². The number of fused-ring (bicyclic) bond motifs is 3. The highest BCUT2D eigenvalue weighted by Crippen LogP contribution is 2.32. The van der Waals surface area contributed by atoms with Crippen LogP contribution < -0.4 is 4.90 Å². The Hall–Kier alpha value is -2.96. The van der Waals surface area contributed by atoms with E-state index in [9.17, 15) is 14.0 Å². The molecule has 2 aliphatic heterocycles. The average Bonchev–Trinajstić information content (AvgIpc) is 2.98. The van der Waals surface area contributed by atoms with Crippen LogP contribution in [0.3, 0.4) is 0 Å². The van der Waals surface area contributed by atoms with Crippen LogP contribution in [0, 0.1) is 5.82 Å². The average molecular weight is 341 g/mol. The molecule has 1 aromatic carbocycles. The standard InChI is InChI=1S/C18H16FN3O3/c19-14-4-3-13-10-21(17(23)12-2-1-6-20-9-12)7-5-15-11-25-18(24)22(15)16(13)8-14/h1-4,6,8-9,15H,5,7,10-11H2. The fourth-order valence-electron chi connectivity index (χ4n) is 3.30. The molecule has 1 atom stereocenters. The van der Waals surface area contributed by atoms with Crippen LogP contribution in [-0.2, 0) is 11.3 Å². The number of ether oxygens (including phenoxy) is 1. The van der Waals surface area contributed by atoms with Gasteiger partial charge in [-0.15, -0.1) is 0 Å². The van der Waals surface area contributed by atoms with Crippen molar-refractivity contribution in [3.63, 3.8) is 0 Å². The molecule has 7 heteroatoms. The lowest BCUT2D eigenvalue weighted by Crippen LogP contribution is -2.42. The summed E-state index contributed by atoms with van der Waals surface area (Å²) in [7, 11) is 0. The molecular formula is C18H16FN3O3. The predicted molar refractivity (Wildman–Crippen MR) is 87.6 cm³/mol. The molecule has 4 rings (SSSR count). The molecule has 0 radical (unpaired) electrons. The Labute approximate surface area is 143 Å². The normalized spacial score (nSPS) is 19.6. The van der Waals surface area contributed by atoms with Crippen LogP contribution in [0.2, 0.25) is 0 Å². The van der Waals surface area contributed by atoms with E-state index in [0.717, 1.165) is 0 Å². The van der Waals surface area contributed by atoms with Gasteiger partial charge in [-0.3, -0.25) is 14.7 Å². The number of benzene rings is 1. The minimum Gasteiger partial charge on any atom is -0.447 e. The van der Waals surface area contributed by atoms with Gasteiger partial charge in [0, 0.05) is 25.5 Å². The monoisotopic (exact) mass is 341 g/mol. The quantitative estimate of drug-likeness (QED) is 0.800. The zero-order valence-corrected chi connectivity index (χ0v) is 13.4. The van der Waals surface area contributed by atoms with Gasteiger partial charge in [-0.05, 0) is 36.2 Å². The van der Waals surface area contributed by atoms with Gasteiger partial charge in [-0.1, -0.05) is 6.07 Å². The number of carbonyl (C=O) groups is 2. The first-order chi connectivity index (χ1) is 12.1. The van der Waals surface area contributed by atoms with Crippen LogP contribution in [0.1, 0.15) is 22.3 Å². The van der Waals surface area contributed by atoms with Gasteiger partial charge in [0.1, 0.15) is 12.4 Å². The largest absolute Gasteiger partial charge is 0.447 e. The Morgan fingerprint density at radius 1 is 1.32 bits per heavy atom. The number of aromatic nitrogens is 1. The summed E-state index contributed by atoms with van der Waals surface area (Å²) in [4.78, 5) is 32.1. The van der Waals surface area contributed by atoms with Crippen molar-refractivity contribution in [1.29, 1.82) is 0 Å². The lowest BCUT2D eigenvalue weighted by molar-refractivity contribution is 0.0734. The van der Waals surface area contributed by atoms with Crippen molar-refractivity contribution in [2.45, 2.75) is 19.0 Å². The number of halogens is 1. The van der Waals surface area contributed by atoms with Gasteiger partial charge in [0.2, 0.25) is 0 Å². The molecule has 2 amide bonds. The number of anilines is 1. The van der Waals surface area contributed by atoms with Crippen molar-refractivity contribution in [2.24, 2.45) is 0 Å². The van der Waals surface area contributed by atoms with Crippen LogP contribution in [0.4, 0.5) is 14.9 Å². The number of cyclic esters (lactones) is 1. The molecule has 25 heavy (non-hydrogen) atoms. The summed E-state index contributed by atoms with van der Waals surface area (Å²) in [5, 5.41) is 0. The van der Waals surface area contributed by atoms with Gasteiger partial charge in [0.15, 0.2) is 0 Å². The highest BCUT2D eigenvalue weighted by atomic mass is 19.1. The molecule has 0 bridgehead atoms. The number of nitrogens with zero attached hydrogens (tertiary/aromatic N) is 3. The summed E-state index contributed by atoms with van der Waals surface area (Å²) in [6, 6.07) is 7.50. The molecule has 128 valence electrons. The van der Waals surface area contributed by atoms with Gasteiger partial charge >= 0.3 is 6.09 Å². The van der Waals surface area contributed by atoms with Crippen molar-refractivity contribution >= 4 is 17.7 Å². The van der Waals surface area contributed by atoms with Crippen molar-refractivity contribution in [1.82, 2.24) is 9.88 Å². The zero-order valence-electron chi connectivity index (χ0n) is 13.4. The van der Waals surface area contributed by atoms with Gasteiger partial charge in [0.25, 0.3) is 5.91 Å². The number of amides is 2. The molecule has 1 fully saturated rings. The molecule has 0 saturated carbocycles. The van der Waals surface area contributed by atoms with Crippen LogP contribution in [0.5, 0.6) is 0 Å². The van der Waals surface area contributed by atoms with E-state index in [-0.39, 0.29) is 18.6 Å². The molecule has 6 nitrogen and oxygen atoms in total. The molecule has 0 N–H and O–H groups in total. The summed E-state index contributed by atoms with van der Waals surface area (Å²) in [5.41, 5.74) is 1.68. The third kappa shape index (κ3) is 2.82. The minimum atomic E-state index is -0.469. The number of carbonyl (C=O) groups excluding carboxylic acids is 2. The van der Waals surface area contributed by atoms with Crippen LogP contribution in [0.25, 0.3) is 0 Å². The van der Waals surface area contributed by atoms with Crippen molar-refractivity contribution in [3.8, 4) is 0 Å². The molecule has 2 aliphatic rings. The van der Waals surface area contributed by atoms with E-state index in [0.29, 0.717) is 36.3 Å². The molecule has 1 aromatic heterocycles. The van der Waals surface area contributed by atoms with Crippen molar-refractivity contribution in [2.75, 3.05) is 18.1 Å². The number of rotatable bonds is 1. The second-order valence-corrected chi connectivity index (χ2v) is 6.13. The Morgan fingerprint density at radius 3 is 3.00 bits per heavy atom. The predicted octanol–water partition coefficient (Wildman–Crippen LogP) is 2.59. The lowest BCUT2D eigenvalue weighted by atomic mass is 10.0. The molecule has 3 heterocycles. The molecule has 1 saturated heterocycles. The Kier molecular flexibility index (Phi) is 3.83. The Bertz CT molecular complexity index is 828. The van der Waals surface area contributed by atoms with Crippen molar-refractivity contribution < 1.29 is 18.7 Å². The SMILES string of the molecule is O=C(c1cccnc1)N1CCC2COC(=O)N2c2cc(F)ccc2C1. The van der Waals surface area contributed by atoms with E-state index in [1.807, 2.05) is 0 Å². The first kappa shape index (κ1) is 15.6. The summed E-state index contributed by atoms with van der Waals surface area (Å²) in [5.74, 6) is -0.565. The van der Waals surface area contributed by atoms with E-state index < -0.39 is 11.9 Å². The Balaban J connectivity index is 1.72. The van der Waals surface area contributed by atoms with E-state index >= 15 is 0 Å². The maximum atomic E-state index is 13.8. The minimum absolute atomic E-state index is 0.137. The van der Waals surface area contributed by atoms with Gasteiger partial charge < -0.3 is 9.64 Å².